The summed E-state index contributed by atoms with van der Waals surface area (Å²) in [6.45, 7) is 3.65. The fraction of sp³-hybridized carbons (Fsp3) is 0.471. The first-order valence-corrected chi connectivity index (χ1v) is 8.73. The molecule has 1 fully saturated rings. The molecule has 0 amide bonds. The Balaban J connectivity index is 1.79. The molecule has 0 bridgehead atoms. The van der Waals surface area contributed by atoms with Crippen LogP contribution in [-0.2, 0) is 11.3 Å². The summed E-state index contributed by atoms with van der Waals surface area (Å²) in [5.41, 5.74) is 1.41. The Morgan fingerprint density at radius 3 is 2.96 bits per heavy atom. The van der Waals surface area contributed by atoms with Gasteiger partial charge in [-0.1, -0.05) is 6.07 Å². The highest BCUT2D eigenvalue weighted by molar-refractivity contribution is 7.11. The van der Waals surface area contributed by atoms with Crippen LogP contribution >= 0.6 is 11.3 Å². The first-order chi connectivity index (χ1) is 11.6. The van der Waals surface area contributed by atoms with Crippen LogP contribution in [0.2, 0.25) is 0 Å². The van der Waals surface area contributed by atoms with E-state index in [-0.39, 0.29) is 12.0 Å². The van der Waals surface area contributed by atoms with E-state index < -0.39 is 0 Å². The molecular formula is C17H21N3O3S. The summed E-state index contributed by atoms with van der Waals surface area (Å²) in [6.07, 6.45) is 2.15. The maximum absolute atomic E-state index is 11.8. The van der Waals surface area contributed by atoms with E-state index in [1.165, 1.54) is 7.11 Å². The van der Waals surface area contributed by atoms with Gasteiger partial charge in [0, 0.05) is 17.5 Å². The number of hydrogen-bond acceptors (Lipinski definition) is 7. The second-order valence-corrected chi connectivity index (χ2v) is 6.98. The summed E-state index contributed by atoms with van der Waals surface area (Å²) < 4.78 is 10.0. The number of carbonyl (C=O) groups excluding carboxylic acids is 1. The van der Waals surface area contributed by atoms with Crippen LogP contribution in [0.1, 0.15) is 45.0 Å². The van der Waals surface area contributed by atoms with Gasteiger partial charge in [0.15, 0.2) is 5.69 Å². The van der Waals surface area contributed by atoms with Crippen LogP contribution in [0.15, 0.2) is 18.2 Å². The molecule has 3 heterocycles. The second kappa shape index (κ2) is 7.27. The first kappa shape index (κ1) is 16.9. The molecule has 0 aromatic carbocycles. The zero-order valence-corrected chi connectivity index (χ0v) is 14.9. The maximum atomic E-state index is 11.8. The van der Waals surface area contributed by atoms with Crippen molar-refractivity contribution in [2.75, 3.05) is 20.8 Å². The molecule has 1 atom stereocenters. The maximum Gasteiger partial charge on any atom is 0.357 e. The van der Waals surface area contributed by atoms with E-state index >= 15 is 0 Å². The minimum absolute atomic E-state index is 0.222. The highest BCUT2D eigenvalue weighted by Crippen LogP contribution is 2.36. The van der Waals surface area contributed by atoms with E-state index in [1.807, 2.05) is 25.1 Å². The third-order valence-electron chi connectivity index (χ3n) is 4.20. The van der Waals surface area contributed by atoms with Crippen molar-refractivity contribution < 1.29 is 14.3 Å². The van der Waals surface area contributed by atoms with Gasteiger partial charge in [-0.2, -0.15) is 0 Å². The van der Waals surface area contributed by atoms with E-state index in [2.05, 4.69) is 14.9 Å². The Labute approximate surface area is 145 Å². The Bertz CT molecular complexity index is 732. The number of likely N-dealkylation sites (tertiary alicyclic amines) is 1. The molecule has 6 nitrogen and oxygen atoms in total. The van der Waals surface area contributed by atoms with E-state index in [1.54, 1.807) is 18.4 Å². The highest BCUT2D eigenvalue weighted by atomic mass is 32.1. The average molecular weight is 347 g/mol. The van der Waals surface area contributed by atoms with Crippen LogP contribution in [0.5, 0.6) is 5.88 Å². The molecule has 128 valence electrons. The molecular weight excluding hydrogens is 326 g/mol. The molecule has 0 radical (unpaired) electrons. The lowest BCUT2D eigenvalue weighted by molar-refractivity contribution is 0.0593. The molecule has 0 saturated carbocycles. The van der Waals surface area contributed by atoms with Gasteiger partial charge < -0.3 is 9.47 Å². The zero-order valence-electron chi connectivity index (χ0n) is 14.1. The monoisotopic (exact) mass is 347 g/mol. The quantitative estimate of drug-likeness (QED) is 0.775. The Hall–Kier alpha value is -1.99. The number of carbonyl (C=O) groups is 1. The molecule has 3 rings (SSSR count). The van der Waals surface area contributed by atoms with Crippen LogP contribution in [0.3, 0.4) is 0 Å². The number of nitrogens with zero attached hydrogens (tertiary/aromatic N) is 3. The van der Waals surface area contributed by atoms with Gasteiger partial charge in [0.1, 0.15) is 5.01 Å². The summed E-state index contributed by atoms with van der Waals surface area (Å²) in [5, 5.41) is 0.980. The van der Waals surface area contributed by atoms with Crippen LogP contribution in [-0.4, -0.2) is 41.6 Å². The van der Waals surface area contributed by atoms with Gasteiger partial charge in [0.05, 0.1) is 26.0 Å². The molecule has 0 unspecified atom stereocenters. The van der Waals surface area contributed by atoms with Gasteiger partial charge in [-0.25, -0.2) is 14.8 Å². The topological polar surface area (TPSA) is 64.5 Å². The van der Waals surface area contributed by atoms with E-state index in [0.29, 0.717) is 11.6 Å². The number of esters is 1. The van der Waals surface area contributed by atoms with Gasteiger partial charge in [-0.05, 0) is 32.4 Å². The van der Waals surface area contributed by atoms with Crippen molar-refractivity contribution in [2.24, 2.45) is 0 Å². The molecule has 0 spiro atoms. The van der Waals surface area contributed by atoms with Gasteiger partial charge >= 0.3 is 5.97 Å². The van der Waals surface area contributed by atoms with Crippen molar-refractivity contribution in [3.8, 4) is 5.88 Å². The third-order valence-corrected chi connectivity index (χ3v) is 5.27. The van der Waals surface area contributed by atoms with Gasteiger partial charge in [0.25, 0.3) is 0 Å². The lowest BCUT2D eigenvalue weighted by atomic mass is 10.2. The van der Waals surface area contributed by atoms with E-state index in [4.69, 9.17) is 9.47 Å². The number of ether oxygens (including phenoxy) is 2. The smallest absolute Gasteiger partial charge is 0.357 e. The molecule has 1 aliphatic rings. The van der Waals surface area contributed by atoms with Crippen LogP contribution in [0.4, 0.5) is 0 Å². The second-order valence-electron chi connectivity index (χ2n) is 5.75. The summed E-state index contributed by atoms with van der Waals surface area (Å²) in [6, 6.07) is 6.03. The van der Waals surface area contributed by atoms with Crippen molar-refractivity contribution in [2.45, 2.75) is 32.4 Å². The summed E-state index contributed by atoms with van der Waals surface area (Å²) in [4.78, 5) is 24.1. The zero-order chi connectivity index (χ0) is 17.1. The van der Waals surface area contributed by atoms with Crippen molar-refractivity contribution in [3.63, 3.8) is 0 Å². The minimum Gasteiger partial charge on any atom is -0.481 e. The summed E-state index contributed by atoms with van der Waals surface area (Å²) in [7, 11) is 3.01. The predicted octanol–water partition coefficient (Wildman–Crippen LogP) is 2.98. The molecule has 0 aliphatic carbocycles. The number of pyridine rings is 1. The summed E-state index contributed by atoms with van der Waals surface area (Å²) >= 11 is 1.58. The molecule has 2 aromatic heterocycles. The molecule has 1 saturated heterocycles. The van der Waals surface area contributed by atoms with Crippen molar-refractivity contribution in [1.82, 2.24) is 14.9 Å². The number of thiazole rings is 1. The van der Waals surface area contributed by atoms with Gasteiger partial charge in [0.2, 0.25) is 5.88 Å². The van der Waals surface area contributed by atoms with E-state index in [0.717, 1.165) is 41.5 Å². The lowest BCUT2D eigenvalue weighted by Crippen LogP contribution is -2.23. The standard InChI is InChI=1S/C17H21N3O3S/c1-11-15(17(21)23-3)19-16(24-11)13-7-5-9-20(13)10-12-6-4-8-14(18-12)22-2/h4,6,8,13H,5,7,9-10H2,1-3H3/t13-/m0/s1. The van der Waals surface area contributed by atoms with Gasteiger partial charge in [-0.3, -0.25) is 4.90 Å². The van der Waals surface area contributed by atoms with Crippen LogP contribution < -0.4 is 4.74 Å². The van der Waals surface area contributed by atoms with Gasteiger partial charge in [-0.15, -0.1) is 11.3 Å². The number of hydrogen-bond donors (Lipinski definition) is 0. The predicted molar refractivity (Wildman–Crippen MR) is 91.4 cm³/mol. The largest absolute Gasteiger partial charge is 0.481 e. The number of aryl methyl sites for hydroxylation is 1. The van der Waals surface area contributed by atoms with Crippen LogP contribution in [0, 0.1) is 6.92 Å². The fourth-order valence-electron chi connectivity index (χ4n) is 3.01. The van der Waals surface area contributed by atoms with Crippen molar-refractivity contribution in [3.05, 3.63) is 39.5 Å². The number of methoxy groups -OCH3 is 2. The molecule has 1 aliphatic heterocycles. The molecule has 0 N–H and O–H groups in total. The average Bonchev–Trinajstić information content (AvgIpc) is 3.20. The number of aromatic nitrogens is 2. The lowest BCUT2D eigenvalue weighted by Gasteiger charge is -2.22. The van der Waals surface area contributed by atoms with E-state index in [9.17, 15) is 4.79 Å². The SMILES string of the molecule is COC(=O)c1nc([C@@H]2CCCN2Cc2cccc(OC)n2)sc1C. The molecule has 2 aromatic rings. The van der Waals surface area contributed by atoms with Crippen molar-refractivity contribution >= 4 is 17.3 Å². The normalized spacial score (nSPS) is 17.9. The Kier molecular flexibility index (Phi) is 5.11. The van der Waals surface area contributed by atoms with Crippen LogP contribution in [0.25, 0.3) is 0 Å². The Morgan fingerprint density at radius 1 is 1.38 bits per heavy atom. The summed E-state index contributed by atoms with van der Waals surface area (Å²) in [5.74, 6) is 0.260. The molecule has 7 heteroatoms. The molecule has 24 heavy (non-hydrogen) atoms. The third kappa shape index (κ3) is 3.42. The van der Waals surface area contributed by atoms with Crippen molar-refractivity contribution in [1.29, 1.82) is 0 Å². The first-order valence-electron chi connectivity index (χ1n) is 7.92. The minimum atomic E-state index is -0.367. The Morgan fingerprint density at radius 2 is 2.21 bits per heavy atom. The number of rotatable bonds is 5. The fourth-order valence-corrected chi connectivity index (χ4v) is 4.09. The highest BCUT2D eigenvalue weighted by Gasteiger charge is 2.30.